The van der Waals surface area contributed by atoms with E-state index in [-0.39, 0.29) is 12.3 Å². The molecule has 0 aliphatic heterocycles. The summed E-state index contributed by atoms with van der Waals surface area (Å²) in [5.41, 5.74) is 1.79. The second-order valence-corrected chi connectivity index (χ2v) is 5.71. The average Bonchev–Trinajstić information content (AvgIpc) is 2.45. The highest BCUT2D eigenvalue weighted by molar-refractivity contribution is 7.98. The van der Waals surface area contributed by atoms with Crippen LogP contribution in [0.3, 0.4) is 0 Å². The predicted octanol–water partition coefficient (Wildman–Crippen LogP) is 1.87. The zero-order valence-electron chi connectivity index (χ0n) is 12.5. The molecule has 21 heavy (non-hydrogen) atoms. The Balaban J connectivity index is 2.65. The van der Waals surface area contributed by atoms with Gasteiger partial charge in [-0.3, -0.25) is 4.79 Å². The van der Waals surface area contributed by atoms with Gasteiger partial charge in [0.05, 0.1) is 13.5 Å². The maximum Gasteiger partial charge on any atom is 0.326 e. The molecule has 0 aromatic heterocycles. The summed E-state index contributed by atoms with van der Waals surface area (Å²) in [6.07, 6.45) is 2.46. The molecule has 1 atom stereocenters. The SMILES string of the molecule is COc1cc(CC(=O)N[C@@H](CCSC)C(=O)O)ccc1C. The molecule has 0 bridgehead atoms. The van der Waals surface area contributed by atoms with Gasteiger partial charge in [0, 0.05) is 0 Å². The minimum absolute atomic E-state index is 0.139. The number of aryl methyl sites for hydroxylation is 1. The Morgan fingerprint density at radius 2 is 2.14 bits per heavy atom. The van der Waals surface area contributed by atoms with Crippen LogP contribution in [-0.4, -0.2) is 42.1 Å². The Morgan fingerprint density at radius 3 is 2.71 bits per heavy atom. The van der Waals surface area contributed by atoms with Crippen LogP contribution in [0, 0.1) is 6.92 Å². The third kappa shape index (κ3) is 5.67. The minimum atomic E-state index is -1.00. The number of nitrogens with one attached hydrogen (secondary N) is 1. The van der Waals surface area contributed by atoms with E-state index in [1.54, 1.807) is 24.9 Å². The zero-order chi connectivity index (χ0) is 15.8. The number of methoxy groups -OCH3 is 1. The van der Waals surface area contributed by atoms with Crippen molar-refractivity contribution in [2.45, 2.75) is 25.8 Å². The standard InChI is InChI=1S/C15H21NO4S/c1-10-4-5-11(8-13(10)20-2)9-14(17)16-12(15(18)19)6-7-21-3/h4-5,8,12H,6-7,9H2,1-3H3,(H,16,17)(H,18,19)/t12-/m0/s1. The molecule has 0 spiro atoms. The van der Waals surface area contributed by atoms with Crippen LogP contribution >= 0.6 is 11.8 Å². The third-order valence-electron chi connectivity index (χ3n) is 3.08. The van der Waals surface area contributed by atoms with Crippen LogP contribution in [-0.2, 0) is 16.0 Å². The number of amides is 1. The highest BCUT2D eigenvalue weighted by Gasteiger charge is 2.19. The molecule has 0 aliphatic rings. The number of hydrogen-bond donors (Lipinski definition) is 2. The van der Waals surface area contributed by atoms with Crippen molar-refractivity contribution in [3.05, 3.63) is 29.3 Å². The van der Waals surface area contributed by atoms with E-state index in [1.807, 2.05) is 25.3 Å². The van der Waals surface area contributed by atoms with Crippen LogP contribution in [0.2, 0.25) is 0 Å². The molecule has 1 aromatic carbocycles. The average molecular weight is 311 g/mol. The number of carbonyl (C=O) groups is 2. The van der Waals surface area contributed by atoms with E-state index in [4.69, 9.17) is 9.84 Å². The lowest BCUT2D eigenvalue weighted by Crippen LogP contribution is -2.41. The monoisotopic (exact) mass is 311 g/mol. The van der Waals surface area contributed by atoms with Crippen LogP contribution in [0.25, 0.3) is 0 Å². The van der Waals surface area contributed by atoms with Crippen LogP contribution in [0.1, 0.15) is 17.5 Å². The van der Waals surface area contributed by atoms with Gasteiger partial charge in [0.2, 0.25) is 5.91 Å². The third-order valence-corrected chi connectivity index (χ3v) is 3.73. The lowest BCUT2D eigenvalue weighted by atomic mass is 10.1. The summed E-state index contributed by atoms with van der Waals surface area (Å²) in [6.45, 7) is 1.92. The molecule has 5 nitrogen and oxygen atoms in total. The number of rotatable bonds is 8. The number of carboxylic acids is 1. The number of thioether (sulfide) groups is 1. The summed E-state index contributed by atoms with van der Waals surface area (Å²) in [5.74, 6) is 0.112. The molecule has 0 saturated carbocycles. The molecule has 116 valence electrons. The highest BCUT2D eigenvalue weighted by Crippen LogP contribution is 2.19. The normalized spacial score (nSPS) is 11.8. The topological polar surface area (TPSA) is 75.6 Å². The summed E-state index contributed by atoms with van der Waals surface area (Å²) in [4.78, 5) is 23.0. The molecule has 1 rings (SSSR count). The molecule has 6 heteroatoms. The summed E-state index contributed by atoms with van der Waals surface area (Å²) < 4.78 is 5.21. The maximum absolute atomic E-state index is 12.0. The van der Waals surface area contributed by atoms with Crippen molar-refractivity contribution in [3.8, 4) is 5.75 Å². The first kappa shape index (κ1) is 17.4. The van der Waals surface area contributed by atoms with Gasteiger partial charge in [-0.25, -0.2) is 4.79 Å². The van der Waals surface area contributed by atoms with Gasteiger partial charge in [-0.1, -0.05) is 12.1 Å². The first-order chi connectivity index (χ1) is 9.97. The molecule has 1 amide bonds. The lowest BCUT2D eigenvalue weighted by Gasteiger charge is -2.14. The number of carboxylic acid groups (broad SMARTS) is 1. The van der Waals surface area contributed by atoms with Crippen molar-refractivity contribution in [1.29, 1.82) is 0 Å². The van der Waals surface area contributed by atoms with Gasteiger partial charge in [0.25, 0.3) is 0 Å². The fourth-order valence-corrected chi connectivity index (χ4v) is 2.37. The predicted molar refractivity (Wildman–Crippen MR) is 84.0 cm³/mol. The molecule has 0 saturated heterocycles. The van der Waals surface area contributed by atoms with E-state index in [0.717, 1.165) is 16.9 Å². The fourth-order valence-electron chi connectivity index (χ4n) is 1.90. The molecule has 0 radical (unpaired) electrons. The summed E-state index contributed by atoms with van der Waals surface area (Å²) in [6, 6.07) is 4.68. The van der Waals surface area contributed by atoms with Crippen molar-refractivity contribution in [3.63, 3.8) is 0 Å². The van der Waals surface area contributed by atoms with Crippen LogP contribution < -0.4 is 10.1 Å². The quantitative estimate of drug-likeness (QED) is 0.766. The second kappa shape index (κ2) is 8.56. The van der Waals surface area contributed by atoms with Crippen molar-refractivity contribution in [2.24, 2.45) is 0 Å². The van der Waals surface area contributed by atoms with Crippen molar-refractivity contribution < 1.29 is 19.4 Å². The van der Waals surface area contributed by atoms with E-state index >= 15 is 0 Å². The summed E-state index contributed by atoms with van der Waals surface area (Å²) >= 11 is 1.55. The van der Waals surface area contributed by atoms with E-state index < -0.39 is 12.0 Å². The minimum Gasteiger partial charge on any atom is -0.496 e. The van der Waals surface area contributed by atoms with Crippen LogP contribution in [0.5, 0.6) is 5.75 Å². The van der Waals surface area contributed by atoms with Gasteiger partial charge >= 0.3 is 5.97 Å². The lowest BCUT2D eigenvalue weighted by molar-refractivity contribution is -0.141. The smallest absolute Gasteiger partial charge is 0.326 e. The zero-order valence-corrected chi connectivity index (χ0v) is 13.3. The molecule has 0 fully saturated rings. The first-order valence-corrected chi connectivity index (χ1v) is 8.02. The number of ether oxygens (including phenoxy) is 1. The first-order valence-electron chi connectivity index (χ1n) is 6.62. The van der Waals surface area contributed by atoms with Gasteiger partial charge in [-0.05, 0) is 42.5 Å². The maximum atomic E-state index is 12.0. The van der Waals surface area contributed by atoms with E-state index in [9.17, 15) is 9.59 Å². The Hall–Kier alpha value is -1.69. The van der Waals surface area contributed by atoms with E-state index in [0.29, 0.717) is 12.2 Å². The number of hydrogen-bond acceptors (Lipinski definition) is 4. The number of carbonyl (C=O) groups excluding carboxylic acids is 1. The van der Waals surface area contributed by atoms with Crippen molar-refractivity contribution in [1.82, 2.24) is 5.32 Å². The molecule has 1 aromatic rings. The molecular weight excluding hydrogens is 290 g/mol. The fraction of sp³-hybridized carbons (Fsp3) is 0.467. The molecule has 0 unspecified atom stereocenters. The second-order valence-electron chi connectivity index (χ2n) is 4.72. The summed E-state index contributed by atoms with van der Waals surface area (Å²) in [7, 11) is 1.58. The Morgan fingerprint density at radius 1 is 1.43 bits per heavy atom. The van der Waals surface area contributed by atoms with Crippen LogP contribution in [0.15, 0.2) is 18.2 Å². The Kier molecular flexibility index (Phi) is 7.08. The summed E-state index contributed by atoms with van der Waals surface area (Å²) in [5, 5.41) is 11.6. The molecule has 0 aliphatic carbocycles. The van der Waals surface area contributed by atoms with Crippen molar-refractivity contribution >= 4 is 23.6 Å². The van der Waals surface area contributed by atoms with Gasteiger partial charge < -0.3 is 15.2 Å². The molecule has 2 N–H and O–H groups in total. The van der Waals surface area contributed by atoms with Gasteiger partial charge in [-0.15, -0.1) is 0 Å². The van der Waals surface area contributed by atoms with E-state index in [1.165, 1.54) is 0 Å². The highest BCUT2D eigenvalue weighted by atomic mass is 32.2. The van der Waals surface area contributed by atoms with Crippen LogP contribution in [0.4, 0.5) is 0 Å². The van der Waals surface area contributed by atoms with Gasteiger partial charge in [-0.2, -0.15) is 11.8 Å². The molecule has 0 heterocycles. The number of benzene rings is 1. The Bertz CT molecular complexity index is 504. The van der Waals surface area contributed by atoms with E-state index in [2.05, 4.69) is 5.32 Å². The largest absolute Gasteiger partial charge is 0.496 e. The van der Waals surface area contributed by atoms with Crippen molar-refractivity contribution in [2.75, 3.05) is 19.1 Å². The Labute approximate surface area is 129 Å². The van der Waals surface area contributed by atoms with Gasteiger partial charge in [0.1, 0.15) is 11.8 Å². The number of aliphatic carboxylic acids is 1. The van der Waals surface area contributed by atoms with Gasteiger partial charge in [0.15, 0.2) is 0 Å². The molecular formula is C15H21NO4S.